The van der Waals surface area contributed by atoms with E-state index in [0.29, 0.717) is 6.42 Å². The Labute approximate surface area is 102 Å². The Kier molecular flexibility index (Phi) is 2.22. The van der Waals surface area contributed by atoms with Gasteiger partial charge in [0.05, 0.1) is 6.42 Å². The molecule has 1 aliphatic heterocycles. The first kappa shape index (κ1) is 9.86. The minimum absolute atomic E-state index is 0.0566. The van der Waals surface area contributed by atoms with E-state index in [1.807, 2.05) is 23.6 Å². The molecule has 80 valence electrons. The van der Waals surface area contributed by atoms with Gasteiger partial charge in [-0.15, -0.1) is 24.0 Å². The summed E-state index contributed by atoms with van der Waals surface area (Å²) in [5.41, 5.74) is 3.00. The van der Waals surface area contributed by atoms with Crippen LogP contribution < -0.4 is 5.32 Å². The Bertz CT molecular complexity index is 577. The zero-order chi connectivity index (χ0) is 11.1. The lowest BCUT2D eigenvalue weighted by Gasteiger charge is -2.00. The molecule has 0 radical (unpaired) electrons. The van der Waals surface area contributed by atoms with Gasteiger partial charge in [-0.05, 0) is 23.8 Å². The number of benzene rings is 1. The van der Waals surface area contributed by atoms with Gasteiger partial charge in [-0.2, -0.15) is 0 Å². The lowest BCUT2D eigenvalue weighted by Crippen LogP contribution is -2.03. The monoisotopic (exact) mass is 248 g/mol. The third-order valence-electron chi connectivity index (χ3n) is 2.47. The number of carbonyl (C=O) groups excluding carboxylic acids is 1. The Balaban J connectivity index is 2.05. The first-order valence-electron chi connectivity index (χ1n) is 4.80. The Morgan fingerprint density at radius 1 is 1.44 bits per heavy atom. The van der Waals surface area contributed by atoms with E-state index in [2.05, 4.69) is 22.9 Å². The van der Waals surface area contributed by atoms with Crippen LogP contribution in [0.5, 0.6) is 0 Å². The summed E-state index contributed by atoms with van der Waals surface area (Å²) in [5.74, 6) is 0.0566. The van der Waals surface area contributed by atoms with Crippen LogP contribution in [0.15, 0.2) is 28.6 Å². The fourth-order valence-electron chi connectivity index (χ4n) is 1.76. The molecular weight excluding hydrogens is 240 g/mol. The van der Waals surface area contributed by atoms with Crippen molar-refractivity contribution in [2.24, 2.45) is 0 Å². The molecule has 1 amide bonds. The van der Waals surface area contributed by atoms with Gasteiger partial charge in [-0.3, -0.25) is 4.79 Å². The molecule has 0 fully saturated rings. The van der Waals surface area contributed by atoms with E-state index in [-0.39, 0.29) is 5.91 Å². The van der Waals surface area contributed by atoms with Crippen molar-refractivity contribution in [2.45, 2.75) is 11.4 Å². The van der Waals surface area contributed by atoms with E-state index >= 15 is 0 Å². The molecular formula is C11H8N2OS2. The van der Waals surface area contributed by atoms with Crippen LogP contribution in [0, 0.1) is 0 Å². The van der Waals surface area contributed by atoms with Gasteiger partial charge in [0.15, 0.2) is 0 Å². The van der Waals surface area contributed by atoms with Crippen LogP contribution >= 0.6 is 24.0 Å². The quantitative estimate of drug-likeness (QED) is 0.762. The first-order chi connectivity index (χ1) is 7.72. The summed E-state index contributed by atoms with van der Waals surface area (Å²) in [5, 5.41) is 6.38. The Morgan fingerprint density at radius 3 is 3.06 bits per heavy atom. The molecule has 3 rings (SSSR count). The van der Waals surface area contributed by atoms with Crippen LogP contribution in [0.3, 0.4) is 0 Å². The molecule has 2 aromatic rings. The van der Waals surface area contributed by atoms with Crippen molar-refractivity contribution in [3.05, 3.63) is 29.1 Å². The maximum Gasteiger partial charge on any atom is 0.228 e. The predicted molar refractivity (Wildman–Crippen MR) is 67.1 cm³/mol. The summed E-state index contributed by atoms with van der Waals surface area (Å²) >= 11 is 5.74. The summed E-state index contributed by atoms with van der Waals surface area (Å²) < 4.78 is 0. The molecule has 0 spiro atoms. The zero-order valence-corrected chi connectivity index (χ0v) is 9.94. The van der Waals surface area contributed by atoms with Gasteiger partial charge in [-0.1, -0.05) is 0 Å². The van der Waals surface area contributed by atoms with Gasteiger partial charge in [0.2, 0.25) is 5.91 Å². The van der Waals surface area contributed by atoms with Crippen molar-refractivity contribution in [3.8, 4) is 10.6 Å². The van der Waals surface area contributed by atoms with E-state index in [9.17, 15) is 4.79 Å². The minimum atomic E-state index is 0.0566. The number of anilines is 1. The van der Waals surface area contributed by atoms with Gasteiger partial charge in [0, 0.05) is 16.6 Å². The largest absolute Gasteiger partial charge is 0.326 e. The van der Waals surface area contributed by atoms with Gasteiger partial charge in [0.1, 0.15) is 10.0 Å². The van der Waals surface area contributed by atoms with Gasteiger partial charge in [-0.25, -0.2) is 4.98 Å². The summed E-state index contributed by atoms with van der Waals surface area (Å²) in [6.07, 6.45) is 0.461. The highest BCUT2D eigenvalue weighted by atomic mass is 32.1. The summed E-state index contributed by atoms with van der Waals surface area (Å²) in [6.45, 7) is 0. The van der Waals surface area contributed by atoms with Crippen LogP contribution in [0.2, 0.25) is 0 Å². The van der Waals surface area contributed by atoms with E-state index in [1.54, 1.807) is 11.3 Å². The van der Waals surface area contributed by atoms with Crippen molar-refractivity contribution in [3.63, 3.8) is 0 Å². The standard InChI is InChI=1S/C11H8N2OS2/c14-9-4-7-3-6(1-2-8(7)12-9)11-13-10(15)5-16-11/h1-3,5,15H,4H2,(H,12,14). The fraction of sp³-hybridized carbons (Fsp3) is 0.0909. The number of fused-ring (bicyclic) bond motifs is 1. The number of rotatable bonds is 1. The van der Waals surface area contributed by atoms with Crippen LogP contribution in [0.25, 0.3) is 10.6 Å². The highest BCUT2D eigenvalue weighted by molar-refractivity contribution is 7.80. The molecule has 0 aliphatic carbocycles. The molecule has 1 aromatic heterocycles. The highest BCUT2D eigenvalue weighted by Gasteiger charge is 2.18. The normalized spacial score (nSPS) is 13.7. The lowest BCUT2D eigenvalue weighted by atomic mass is 10.1. The number of nitrogens with zero attached hydrogens (tertiary/aromatic N) is 1. The fourth-order valence-corrected chi connectivity index (χ4v) is 2.77. The van der Waals surface area contributed by atoms with Crippen molar-refractivity contribution in [1.82, 2.24) is 4.98 Å². The van der Waals surface area contributed by atoms with Crippen LogP contribution in [0.4, 0.5) is 5.69 Å². The van der Waals surface area contributed by atoms with Gasteiger partial charge < -0.3 is 5.32 Å². The smallest absolute Gasteiger partial charge is 0.228 e. The number of carbonyl (C=O) groups is 1. The average molecular weight is 248 g/mol. The van der Waals surface area contributed by atoms with E-state index in [1.165, 1.54) is 0 Å². The second-order valence-electron chi connectivity index (χ2n) is 3.61. The van der Waals surface area contributed by atoms with Gasteiger partial charge >= 0.3 is 0 Å². The average Bonchev–Trinajstić information content (AvgIpc) is 2.81. The number of hydrogen-bond donors (Lipinski definition) is 2. The van der Waals surface area contributed by atoms with Crippen molar-refractivity contribution < 1.29 is 4.79 Å². The number of aromatic nitrogens is 1. The molecule has 16 heavy (non-hydrogen) atoms. The first-order valence-corrected chi connectivity index (χ1v) is 6.13. The Hall–Kier alpha value is -1.33. The third-order valence-corrected chi connectivity index (χ3v) is 3.76. The molecule has 1 aliphatic rings. The number of amides is 1. The van der Waals surface area contributed by atoms with Crippen LogP contribution in [-0.4, -0.2) is 10.9 Å². The topological polar surface area (TPSA) is 42.0 Å². The number of thiazole rings is 1. The van der Waals surface area contributed by atoms with E-state index in [4.69, 9.17) is 0 Å². The molecule has 5 heteroatoms. The lowest BCUT2D eigenvalue weighted by molar-refractivity contribution is -0.115. The SMILES string of the molecule is O=C1Cc2cc(-c3nc(S)cs3)ccc2N1. The molecule has 0 unspecified atom stereocenters. The second-order valence-corrected chi connectivity index (χ2v) is 4.92. The van der Waals surface area contributed by atoms with Crippen molar-refractivity contribution >= 4 is 35.6 Å². The summed E-state index contributed by atoms with van der Waals surface area (Å²) in [6, 6.07) is 5.91. The van der Waals surface area contributed by atoms with Gasteiger partial charge in [0.25, 0.3) is 0 Å². The van der Waals surface area contributed by atoms with Crippen LogP contribution in [-0.2, 0) is 11.2 Å². The number of nitrogens with one attached hydrogen (secondary N) is 1. The van der Waals surface area contributed by atoms with Crippen LogP contribution in [0.1, 0.15) is 5.56 Å². The molecule has 3 nitrogen and oxygen atoms in total. The molecule has 0 saturated heterocycles. The molecule has 2 heterocycles. The molecule has 0 saturated carbocycles. The summed E-state index contributed by atoms with van der Waals surface area (Å²) in [4.78, 5) is 15.5. The summed E-state index contributed by atoms with van der Waals surface area (Å²) in [7, 11) is 0. The number of thiol groups is 1. The van der Waals surface area contributed by atoms with E-state index < -0.39 is 0 Å². The van der Waals surface area contributed by atoms with E-state index in [0.717, 1.165) is 26.8 Å². The number of hydrogen-bond acceptors (Lipinski definition) is 4. The molecule has 0 bridgehead atoms. The maximum absolute atomic E-state index is 11.2. The second kappa shape index (κ2) is 3.61. The Morgan fingerprint density at radius 2 is 2.31 bits per heavy atom. The maximum atomic E-state index is 11.2. The highest BCUT2D eigenvalue weighted by Crippen LogP contribution is 2.31. The molecule has 1 N–H and O–H groups in total. The molecule has 0 atom stereocenters. The molecule has 1 aromatic carbocycles. The predicted octanol–water partition coefficient (Wildman–Crippen LogP) is 2.59. The van der Waals surface area contributed by atoms with Crippen molar-refractivity contribution in [2.75, 3.05) is 5.32 Å². The van der Waals surface area contributed by atoms with Crippen molar-refractivity contribution in [1.29, 1.82) is 0 Å². The minimum Gasteiger partial charge on any atom is -0.326 e. The zero-order valence-electron chi connectivity index (χ0n) is 8.23. The third kappa shape index (κ3) is 1.62.